The fourth-order valence-corrected chi connectivity index (χ4v) is 5.49. The summed E-state index contributed by atoms with van der Waals surface area (Å²) in [4.78, 5) is 21.3. The van der Waals surface area contributed by atoms with Crippen molar-refractivity contribution in [1.29, 1.82) is 0 Å². The summed E-state index contributed by atoms with van der Waals surface area (Å²) in [5, 5.41) is 0.652. The highest BCUT2D eigenvalue weighted by atomic mass is 127. The van der Waals surface area contributed by atoms with Crippen LogP contribution in [0.25, 0.3) is 0 Å². The second-order valence-corrected chi connectivity index (χ2v) is 15.7. The first-order chi connectivity index (χ1) is 14.9. The number of rotatable bonds is 10. The van der Waals surface area contributed by atoms with Gasteiger partial charge in [0.2, 0.25) is 0 Å². The van der Waals surface area contributed by atoms with E-state index in [4.69, 9.17) is 10.7 Å². The number of hydrogen-bond acceptors (Lipinski definition) is 5. The molecule has 2 heterocycles. The third-order valence-corrected chi connectivity index (χ3v) is 6.94. The molecule has 0 radical (unpaired) electrons. The minimum Gasteiger partial charge on any atom is -0.325 e. The van der Waals surface area contributed by atoms with Crippen LogP contribution < -0.4 is 5.73 Å². The molecule has 1 unspecified atom stereocenters. The molecule has 2 N–H and O–H groups in total. The third-order valence-electron chi connectivity index (χ3n) is 5.04. The molecule has 1 aliphatic rings. The molecule has 0 aliphatic carbocycles. The zero-order chi connectivity index (χ0) is 24.1. The van der Waals surface area contributed by atoms with E-state index in [9.17, 15) is 0 Å². The standard InChI is InChI=1S/C23H32I2N6S/c1-8-12-22(4,26)13-11-15(2)20-30-19(27-6)21(31(20)7)29-16(3)32-17-10-9-14-28-18(17)23(5,24)25/h9-10,14H,2-3,8,11-13,26H2,1,4-7H3. The van der Waals surface area contributed by atoms with Gasteiger partial charge in [0.15, 0.2) is 11.7 Å². The molecule has 0 fully saturated rings. The van der Waals surface area contributed by atoms with E-state index in [1.165, 1.54) is 11.8 Å². The number of pyridine rings is 1. The van der Waals surface area contributed by atoms with Crippen molar-refractivity contribution < 1.29 is 0 Å². The highest BCUT2D eigenvalue weighted by Crippen LogP contribution is 2.43. The van der Waals surface area contributed by atoms with Gasteiger partial charge in [-0.3, -0.25) is 9.98 Å². The van der Waals surface area contributed by atoms with Crippen LogP contribution in [0.1, 0.15) is 52.1 Å². The van der Waals surface area contributed by atoms with E-state index in [1.54, 1.807) is 7.05 Å². The predicted octanol–water partition coefficient (Wildman–Crippen LogP) is 6.31. The molecule has 0 saturated carbocycles. The summed E-state index contributed by atoms with van der Waals surface area (Å²) in [6.07, 6.45) is 5.50. The molecule has 1 aromatic rings. The van der Waals surface area contributed by atoms with Gasteiger partial charge < -0.3 is 10.6 Å². The summed E-state index contributed by atoms with van der Waals surface area (Å²) in [5.41, 5.74) is 8.14. The molecule has 174 valence electrons. The van der Waals surface area contributed by atoms with Gasteiger partial charge in [-0.15, -0.1) is 0 Å². The van der Waals surface area contributed by atoms with E-state index in [0.29, 0.717) is 16.7 Å². The fourth-order valence-electron chi connectivity index (χ4n) is 3.38. The van der Waals surface area contributed by atoms with E-state index >= 15 is 0 Å². The Morgan fingerprint density at radius 2 is 1.97 bits per heavy atom. The second kappa shape index (κ2) is 11.6. The van der Waals surface area contributed by atoms with E-state index in [2.05, 4.69) is 94.1 Å². The molecule has 1 atom stereocenters. The average Bonchev–Trinajstić information content (AvgIpc) is 3.01. The number of nitrogens with two attached hydrogens (primary N) is 1. The maximum atomic E-state index is 6.41. The van der Waals surface area contributed by atoms with Crippen molar-refractivity contribution in [3.05, 3.63) is 47.8 Å². The van der Waals surface area contributed by atoms with Gasteiger partial charge in [0, 0.05) is 30.7 Å². The van der Waals surface area contributed by atoms with Gasteiger partial charge in [-0.05, 0) is 50.8 Å². The lowest BCUT2D eigenvalue weighted by Crippen LogP contribution is -2.36. The first-order valence-corrected chi connectivity index (χ1v) is 13.4. The van der Waals surface area contributed by atoms with E-state index in [0.717, 1.165) is 47.7 Å². The largest absolute Gasteiger partial charge is 0.325 e. The molecule has 2 rings (SSSR count). The molecule has 1 aromatic heterocycles. The van der Waals surface area contributed by atoms with Gasteiger partial charge in [-0.2, -0.15) is 0 Å². The van der Waals surface area contributed by atoms with E-state index in [-0.39, 0.29) is 6.97 Å². The summed E-state index contributed by atoms with van der Waals surface area (Å²) < 4.78 is -0.129. The van der Waals surface area contributed by atoms with Gasteiger partial charge >= 0.3 is 0 Å². The Labute approximate surface area is 223 Å². The van der Waals surface area contributed by atoms with Crippen molar-refractivity contribution in [3.8, 4) is 0 Å². The number of hydrogen-bond donors (Lipinski definition) is 1. The molecule has 6 nitrogen and oxygen atoms in total. The molecular weight excluding hydrogens is 646 g/mol. The minimum absolute atomic E-state index is 0.129. The molecular formula is C23H32I2N6S. The molecule has 0 bridgehead atoms. The highest BCUT2D eigenvalue weighted by molar-refractivity contribution is 14.2. The van der Waals surface area contributed by atoms with Crippen LogP contribution in [0, 0.1) is 0 Å². The van der Waals surface area contributed by atoms with Gasteiger partial charge in [0.25, 0.3) is 0 Å². The third kappa shape index (κ3) is 7.36. The normalized spacial score (nSPS) is 18.8. The van der Waals surface area contributed by atoms with E-state index in [1.807, 2.05) is 30.3 Å². The van der Waals surface area contributed by atoms with E-state index < -0.39 is 0 Å². The molecule has 0 saturated heterocycles. The second-order valence-electron chi connectivity index (χ2n) is 8.22. The van der Waals surface area contributed by atoms with Crippen molar-refractivity contribution >= 4 is 74.5 Å². The Morgan fingerprint density at radius 3 is 2.56 bits per heavy atom. The summed E-state index contributed by atoms with van der Waals surface area (Å²) in [6, 6.07) is 3.98. The molecule has 9 heteroatoms. The van der Waals surface area contributed by atoms with Crippen LogP contribution in [0.2, 0.25) is 0 Å². The van der Waals surface area contributed by atoms with Crippen LogP contribution in [0.15, 0.2) is 62.0 Å². The molecule has 0 spiro atoms. The maximum Gasteiger partial charge on any atom is 0.193 e. The van der Waals surface area contributed by atoms with Crippen molar-refractivity contribution in [3.63, 3.8) is 0 Å². The van der Waals surface area contributed by atoms with Crippen molar-refractivity contribution in [2.24, 2.45) is 20.7 Å². The molecule has 1 aliphatic heterocycles. The Hall–Kier alpha value is -0.790. The first kappa shape index (κ1) is 27.5. The lowest BCUT2D eigenvalue weighted by atomic mass is 9.90. The summed E-state index contributed by atoms with van der Waals surface area (Å²) in [7, 11) is 3.66. The number of likely N-dealkylation sites (N-methyl/N-ethyl adjacent to an activating group) is 1. The Balaban J connectivity index is 2.18. The quantitative estimate of drug-likeness (QED) is 0.179. The molecule has 32 heavy (non-hydrogen) atoms. The van der Waals surface area contributed by atoms with Gasteiger partial charge in [-0.25, -0.2) is 9.98 Å². The number of aliphatic imine (C=N–C) groups is 3. The van der Waals surface area contributed by atoms with Crippen LogP contribution in [0.4, 0.5) is 0 Å². The van der Waals surface area contributed by atoms with Crippen LogP contribution in [0.3, 0.4) is 0 Å². The van der Waals surface area contributed by atoms with Crippen molar-refractivity contribution in [2.45, 2.75) is 58.3 Å². The van der Waals surface area contributed by atoms with Gasteiger partial charge in [-0.1, -0.05) is 83.4 Å². The predicted molar refractivity (Wildman–Crippen MR) is 156 cm³/mol. The highest BCUT2D eigenvalue weighted by Gasteiger charge is 2.29. The van der Waals surface area contributed by atoms with Gasteiger partial charge in [0.1, 0.15) is 7.26 Å². The number of aromatic nitrogens is 1. The van der Waals surface area contributed by atoms with Crippen LogP contribution in [0.5, 0.6) is 0 Å². The lowest BCUT2D eigenvalue weighted by molar-refractivity contribution is 0.398. The average molecular weight is 678 g/mol. The first-order valence-electron chi connectivity index (χ1n) is 10.4. The fraction of sp³-hybridized carbons (Fsp3) is 0.478. The smallest absolute Gasteiger partial charge is 0.193 e. The Kier molecular flexibility index (Phi) is 9.92. The van der Waals surface area contributed by atoms with Crippen LogP contribution in [-0.2, 0) is 1.43 Å². The summed E-state index contributed by atoms with van der Waals surface area (Å²) >= 11 is 6.28. The van der Waals surface area contributed by atoms with Crippen LogP contribution >= 0.6 is 56.9 Å². The number of thioether (sulfide) groups is 1. The summed E-state index contributed by atoms with van der Waals surface area (Å²) in [6.45, 7) is 14.8. The Bertz CT molecular complexity index is 959. The topological polar surface area (TPSA) is 79.2 Å². The van der Waals surface area contributed by atoms with Crippen molar-refractivity contribution in [2.75, 3.05) is 14.1 Å². The molecule has 0 aromatic carbocycles. The maximum absolute atomic E-state index is 6.41. The zero-order valence-electron chi connectivity index (χ0n) is 19.5. The number of alkyl halides is 2. The van der Waals surface area contributed by atoms with Crippen LogP contribution in [-0.4, -0.2) is 47.0 Å². The minimum atomic E-state index is -0.202. The number of halogens is 2. The Morgan fingerprint density at radius 1 is 1.28 bits per heavy atom. The van der Waals surface area contributed by atoms with Crippen molar-refractivity contribution in [1.82, 2.24) is 9.88 Å². The number of nitrogens with zero attached hydrogens (tertiary/aromatic N) is 5. The lowest BCUT2D eigenvalue weighted by Gasteiger charge is -2.25. The van der Waals surface area contributed by atoms with Gasteiger partial charge in [0.05, 0.1) is 10.7 Å². The zero-order valence-corrected chi connectivity index (χ0v) is 24.6. The summed E-state index contributed by atoms with van der Waals surface area (Å²) in [5.74, 6) is 2.03. The number of amidine groups is 3. The SMILES string of the molecule is C=C(N=C1C(=NC)N=C(C(=C)CCC(C)(N)CCC)N1C)Sc1cccnc1C(C)(I)I. The molecule has 0 amide bonds. The monoisotopic (exact) mass is 678 g/mol.